The normalized spacial score (nSPS) is 17.6. The average molecular weight is 543 g/mol. The van der Waals surface area contributed by atoms with Gasteiger partial charge in [0.05, 0.1) is 6.54 Å². The molecule has 10 heteroatoms. The lowest BCUT2D eigenvalue weighted by molar-refractivity contribution is -0.281. The first-order valence-electron chi connectivity index (χ1n) is 12.8. The second-order valence-corrected chi connectivity index (χ2v) is 10.3. The highest BCUT2D eigenvalue weighted by Gasteiger charge is 2.48. The number of hydrogen-bond acceptors (Lipinski definition) is 8. The number of benzene rings is 2. The molecule has 0 saturated carbocycles. The predicted molar refractivity (Wildman–Crippen MR) is 143 cm³/mol. The van der Waals surface area contributed by atoms with Crippen molar-refractivity contribution in [1.29, 1.82) is 0 Å². The highest BCUT2D eigenvalue weighted by molar-refractivity contribution is 5.82. The number of amides is 2. The Morgan fingerprint density at radius 1 is 0.974 bits per heavy atom. The summed E-state index contributed by atoms with van der Waals surface area (Å²) in [4.78, 5) is 40.4. The number of ether oxygens (including phenoxy) is 5. The molecule has 2 atom stereocenters. The first-order valence-corrected chi connectivity index (χ1v) is 12.8. The van der Waals surface area contributed by atoms with E-state index in [-0.39, 0.29) is 32.5 Å². The molecule has 39 heavy (non-hydrogen) atoms. The number of likely N-dealkylation sites (tertiary alicyclic amines) is 1. The topological polar surface area (TPSA) is 113 Å². The molecular formula is C29H38N2O8. The number of piperidine rings is 1. The molecule has 0 aromatic heterocycles. The monoisotopic (exact) mass is 542 g/mol. The molecule has 1 fully saturated rings. The van der Waals surface area contributed by atoms with Gasteiger partial charge in [-0.05, 0) is 31.9 Å². The third-order valence-electron chi connectivity index (χ3n) is 6.28. The lowest BCUT2D eigenvalue weighted by Crippen LogP contribution is -2.61. The van der Waals surface area contributed by atoms with Crippen LogP contribution in [0.25, 0.3) is 0 Å². The van der Waals surface area contributed by atoms with Gasteiger partial charge in [-0.15, -0.1) is 0 Å². The summed E-state index contributed by atoms with van der Waals surface area (Å²) in [5.41, 5.74) is 0.914. The van der Waals surface area contributed by atoms with Crippen molar-refractivity contribution in [3.05, 3.63) is 71.8 Å². The Morgan fingerprint density at radius 3 is 2.13 bits per heavy atom. The van der Waals surface area contributed by atoms with Crippen LogP contribution in [0.3, 0.4) is 0 Å². The molecule has 3 rings (SSSR count). The summed E-state index contributed by atoms with van der Waals surface area (Å²) in [5, 5.41) is 2.62. The van der Waals surface area contributed by atoms with Crippen LogP contribution in [0, 0.1) is 0 Å². The molecule has 0 bridgehead atoms. The fraction of sp³-hybridized carbons (Fsp3) is 0.483. The Bertz CT molecular complexity index is 1080. The van der Waals surface area contributed by atoms with Crippen LogP contribution in [-0.2, 0) is 41.5 Å². The van der Waals surface area contributed by atoms with Crippen molar-refractivity contribution in [2.24, 2.45) is 0 Å². The Kier molecular flexibility index (Phi) is 10.3. The van der Waals surface area contributed by atoms with Crippen molar-refractivity contribution in [3.63, 3.8) is 0 Å². The molecule has 1 saturated heterocycles. The standard InChI is InChI=1S/C29H38N2O8/c1-28(2,3)39-26(33)30-23(18-21-12-8-6-9-13-21)25(32)38-24-19-31(17-16-29(24,35-4)36-5)27(34)37-20-22-14-10-7-11-15-22/h6-15,23-24H,16-20H2,1-5H3,(H,30,33)/t23-,24+/m0/s1. The van der Waals surface area contributed by atoms with Crippen molar-refractivity contribution in [1.82, 2.24) is 10.2 Å². The van der Waals surface area contributed by atoms with E-state index in [1.165, 1.54) is 19.1 Å². The van der Waals surface area contributed by atoms with Gasteiger partial charge in [0.25, 0.3) is 0 Å². The summed E-state index contributed by atoms with van der Waals surface area (Å²) in [6, 6.07) is 17.5. The van der Waals surface area contributed by atoms with Crippen molar-refractivity contribution in [2.45, 2.75) is 63.8 Å². The lowest BCUT2D eigenvalue weighted by atomic mass is 9.99. The highest BCUT2D eigenvalue weighted by atomic mass is 16.7. The van der Waals surface area contributed by atoms with Crippen LogP contribution in [0.1, 0.15) is 38.3 Å². The number of carbonyl (C=O) groups is 3. The van der Waals surface area contributed by atoms with Gasteiger partial charge in [-0.2, -0.15) is 0 Å². The van der Waals surface area contributed by atoms with E-state index >= 15 is 0 Å². The van der Waals surface area contributed by atoms with Crippen molar-refractivity contribution >= 4 is 18.2 Å². The summed E-state index contributed by atoms with van der Waals surface area (Å²) in [5.74, 6) is -2.00. The van der Waals surface area contributed by atoms with Crippen molar-refractivity contribution in [3.8, 4) is 0 Å². The fourth-order valence-electron chi connectivity index (χ4n) is 4.25. The van der Waals surface area contributed by atoms with E-state index in [2.05, 4.69) is 5.32 Å². The van der Waals surface area contributed by atoms with Gasteiger partial charge in [0.15, 0.2) is 6.10 Å². The minimum Gasteiger partial charge on any atom is -0.453 e. The molecule has 1 heterocycles. The molecule has 212 valence electrons. The van der Waals surface area contributed by atoms with Crippen LogP contribution in [0.4, 0.5) is 9.59 Å². The van der Waals surface area contributed by atoms with E-state index in [0.29, 0.717) is 0 Å². The summed E-state index contributed by atoms with van der Waals surface area (Å²) in [6.45, 7) is 5.56. The van der Waals surface area contributed by atoms with E-state index in [1.54, 1.807) is 20.8 Å². The maximum Gasteiger partial charge on any atom is 0.410 e. The number of alkyl carbamates (subject to hydrolysis) is 1. The minimum absolute atomic E-state index is 0.0223. The number of hydrogen-bond donors (Lipinski definition) is 1. The molecule has 0 aliphatic carbocycles. The summed E-state index contributed by atoms with van der Waals surface area (Å²) >= 11 is 0. The van der Waals surface area contributed by atoms with Crippen LogP contribution >= 0.6 is 0 Å². The number of rotatable bonds is 9. The summed E-state index contributed by atoms with van der Waals surface area (Å²) < 4.78 is 28.0. The molecule has 0 radical (unpaired) electrons. The predicted octanol–water partition coefficient (Wildman–Crippen LogP) is 4.07. The van der Waals surface area contributed by atoms with Gasteiger partial charge >= 0.3 is 18.2 Å². The second-order valence-electron chi connectivity index (χ2n) is 10.3. The van der Waals surface area contributed by atoms with Gasteiger partial charge in [0.2, 0.25) is 5.79 Å². The smallest absolute Gasteiger partial charge is 0.410 e. The number of nitrogens with zero attached hydrogens (tertiary/aromatic N) is 1. The minimum atomic E-state index is -1.28. The van der Waals surface area contributed by atoms with Gasteiger partial charge in [-0.25, -0.2) is 14.4 Å². The average Bonchev–Trinajstić information content (AvgIpc) is 2.91. The zero-order valence-electron chi connectivity index (χ0n) is 23.2. The number of nitrogens with one attached hydrogen (secondary N) is 1. The van der Waals surface area contributed by atoms with Crippen molar-refractivity contribution in [2.75, 3.05) is 27.3 Å². The van der Waals surface area contributed by atoms with Crippen LogP contribution in [-0.4, -0.2) is 73.9 Å². The molecule has 2 aromatic rings. The first kappa shape index (κ1) is 29.9. The number of esters is 1. The molecule has 0 spiro atoms. The zero-order chi connectivity index (χ0) is 28.5. The van der Waals surface area contributed by atoms with Gasteiger partial charge in [0.1, 0.15) is 18.2 Å². The number of carbonyl (C=O) groups excluding carboxylic acids is 3. The van der Waals surface area contributed by atoms with Crippen LogP contribution < -0.4 is 5.32 Å². The van der Waals surface area contributed by atoms with Gasteiger partial charge in [-0.1, -0.05) is 60.7 Å². The highest BCUT2D eigenvalue weighted by Crippen LogP contribution is 2.30. The lowest BCUT2D eigenvalue weighted by Gasteiger charge is -2.44. The van der Waals surface area contributed by atoms with Gasteiger partial charge < -0.3 is 33.9 Å². The SMILES string of the molecule is COC1(OC)CCN(C(=O)OCc2ccccc2)C[C@H]1OC(=O)[C@H](Cc1ccccc1)NC(=O)OC(C)(C)C. The van der Waals surface area contributed by atoms with Crippen LogP contribution in [0.15, 0.2) is 60.7 Å². The third kappa shape index (κ3) is 8.69. The largest absolute Gasteiger partial charge is 0.453 e. The van der Waals surface area contributed by atoms with Crippen LogP contribution in [0.2, 0.25) is 0 Å². The molecule has 0 unspecified atom stereocenters. The quantitative estimate of drug-likeness (QED) is 0.287. The van der Waals surface area contributed by atoms with E-state index in [0.717, 1.165) is 11.1 Å². The third-order valence-corrected chi connectivity index (χ3v) is 6.28. The molecule has 2 amide bonds. The summed E-state index contributed by atoms with van der Waals surface area (Å²) in [6.07, 6.45) is -1.88. The summed E-state index contributed by atoms with van der Waals surface area (Å²) in [7, 11) is 2.90. The van der Waals surface area contributed by atoms with Gasteiger partial charge in [-0.3, -0.25) is 0 Å². The van der Waals surface area contributed by atoms with E-state index in [4.69, 9.17) is 23.7 Å². The Labute approximate surface area is 229 Å². The van der Waals surface area contributed by atoms with E-state index < -0.39 is 41.7 Å². The Balaban J connectivity index is 1.75. The maximum absolute atomic E-state index is 13.5. The molecule has 2 aromatic carbocycles. The first-order chi connectivity index (χ1) is 18.5. The zero-order valence-corrected chi connectivity index (χ0v) is 23.2. The van der Waals surface area contributed by atoms with Gasteiger partial charge in [0, 0.05) is 33.6 Å². The number of methoxy groups -OCH3 is 2. The van der Waals surface area contributed by atoms with Crippen LogP contribution in [0.5, 0.6) is 0 Å². The van der Waals surface area contributed by atoms with E-state index in [9.17, 15) is 14.4 Å². The molecule has 1 N–H and O–H groups in total. The molecule has 1 aliphatic heterocycles. The van der Waals surface area contributed by atoms with Crippen molar-refractivity contribution < 1.29 is 38.1 Å². The Morgan fingerprint density at radius 2 is 1.56 bits per heavy atom. The molecule has 10 nitrogen and oxygen atoms in total. The molecular weight excluding hydrogens is 504 g/mol. The second kappa shape index (κ2) is 13.4. The van der Waals surface area contributed by atoms with E-state index in [1.807, 2.05) is 60.7 Å². The molecule has 1 aliphatic rings. The fourth-order valence-corrected chi connectivity index (χ4v) is 4.25. The Hall–Kier alpha value is -3.63. The maximum atomic E-state index is 13.5.